The summed E-state index contributed by atoms with van der Waals surface area (Å²) in [6.45, 7) is 0. The maximum atomic E-state index is 13.9. The van der Waals surface area contributed by atoms with Crippen molar-refractivity contribution in [2.75, 3.05) is 5.32 Å². The predicted octanol–water partition coefficient (Wildman–Crippen LogP) is 5.79. The van der Waals surface area contributed by atoms with Crippen molar-refractivity contribution in [2.24, 2.45) is 0 Å². The minimum atomic E-state index is -0.524. The summed E-state index contributed by atoms with van der Waals surface area (Å²) in [6, 6.07) is 15.2. The second kappa shape index (κ2) is 6.92. The summed E-state index contributed by atoms with van der Waals surface area (Å²) in [4.78, 5) is 16.6. The van der Waals surface area contributed by atoms with Crippen molar-refractivity contribution in [3.63, 3.8) is 0 Å². The molecule has 0 saturated heterocycles. The maximum Gasteiger partial charge on any atom is 0.255 e. The van der Waals surface area contributed by atoms with Crippen LogP contribution in [0.1, 0.15) is 10.4 Å². The van der Waals surface area contributed by atoms with Crippen molar-refractivity contribution >= 4 is 38.6 Å². The molecule has 7 heteroatoms. The molecule has 0 fully saturated rings. The number of nitrogens with one attached hydrogen (secondary N) is 1. The quantitative estimate of drug-likeness (QED) is 0.449. The molecule has 1 amide bonds. The Balaban J connectivity index is 1.62. The highest BCUT2D eigenvalue weighted by Gasteiger charge is 2.14. The number of anilines is 1. The highest BCUT2D eigenvalue weighted by Crippen LogP contribution is 2.28. The van der Waals surface area contributed by atoms with E-state index in [1.165, 1.54) is 18.2 Å². The first-order chi connectivity index (χ1) is 13.0. The maximum absolute atomic E-state index is 13.9. The third-order valence-corrected chi connectivity index (χ3v) is 4.57. The van der Waals surface area contributed by atoms with E-state index in [-0.39, 0.29) is 21.5 Å². The molecule has 4 aromatic rings. The Morgan fingerprint density at radius 2 is 1.81 bits per heavy atom. The number of hydrogen-bond acceptors (Lipinski definition) is 3. The van der Waals surface area contributed by atoms with E-state index in [1.54, 1.807) is 36.4 Å². The Bertz CT molecular complexity index is 1170. The first kappa shape index (κ1) is 17.4. The van der Waals surface area contributed by atoms with Gasteiger partial charge in [0.2, 0.25) is 5.89 Å². The second-order valence-electron chi connectivity index (χ2n) is 5.76. The molecule has 4 rings (SSSR count). The number of aromatic nitrogens is 1. The molecule has 1 heterocycles. The third-order valence-electron chi connectivity index (χ3n) is 3.93. The molecule has 0 bridgehead atoms. The molecule has 0 radical (unpaired) electrons. The van der Waals surface area contributed by atoms with Gasteiger partial charge in [0.15, 0.2) is 5.58 Å². The fraction of sp³-hybridized carbons (Fsp3) is 0. The molecule has 0 aliphatic carbocycles. The van der Waals surface area contributed by atoms with Crippen LogP contribution in [-0.4, -0.2) is 10.9 Å². The van der Waals surface area contributed by atoms with Crippen LogP contribution in [0.3, 0.4) is 0 Å². The van der Waals surface area contributed by atoms with Gasteiger partial charge in [0.1, 0.15) is 17.2 Å². The zero-order valence-corrected chi connectivity index (χ0v) is 15.3. The summed E-state index contributed by atoms with van der Waals surface area (Å²) in [5.74, 6) is -1.26. The third kappa shape index (κ3) is 3.46. The SMILES string of the molecule is O=C(Nc1ccc2oc(-c3ccccc3F)nc2c1)c1ccc(Br)c(F)c1. The highest BCUT2D eigenvalue weighted by molar-refractivity contribution is 9.10. The monoisotopic (exact) mass is 428 g/mol. The number of oxazole rings is 1. The van der Waals surface area contributed by atoms with Gasteiger partial charge in [0.05, 0.1) is 10.0 Å². The molecule has 3 aromatic carbocycles. The summed E-state index contributed by atoms with van der Waals surface area (Å²) in [7, 11) is 0. The van der Waals surface area contributed by atoms with Crippen molar-refractivity contribution in [2.45, 2.75) is 0 Å². The summed E-state index contributed by atoms with van der Waals surface area (Å²) in [5.41, 5.74) is 1.82. The summed E-state index contributed by atoms with van der Waals surface area (Å²) >= 11 is 3.05. The van der Waals surface area contributed by atoms with Gasteiger partial charge in [-0.2, -0.15) is 0 Å². The van der Waals surface area contributed by atoms with Crippen LogP contribution >= 0.6 is 15.9 Å². The van der Waals surface area contributed by atoms with Crippen molar-refractivity contribution in [1.29, 1.82) is 0 Å². The van der Waals surface area contributed by atoms with Crippen LogP contribution in [0.15, 0.2) is 69.6 Å². The minimum Gasteiger partial charge on any atom is -0.436 e. The van der Waals surface area contributed by atoms with E-state index in [9.17, 15) is 13.6 Å². The van der Waals surface area contributed by atoms with Crippen LogP contribution in [0.25, 0.3) is 22.6 Å². The van der Waals surface area contributed by atoms with Crippen LogP contribution in [0.2, 0.25) is 0 Å². The molecule has 1 N–H and O–H groups in total. The fourth-order valence-corrected chi connectivity index (χ4v) is 2.84. The van der Waals surface area contributed by atoms with Crippen molar-refractivity contribution in [3.8, 4) is 11.5 Å². The Hall–Kier alpha value is -3.06. The van der Waals surface area contributed by atoms with Crippen molar-refractivity contribution in [1.82, 2.24) is 4.98 Å². The Kier molecular flexibility index (Phi) is 4.45. The van der Waals surface area contributed by atoms with E-state index in [2.05, 4.69) is 26.2 Å². The van der Waals surface area contributed by atoms with Crippen LogP contribution in [-0.2, 0) is 0 Å². The van der Waals surface area contributed by atoms with E-state index < -0.39 is 17.5 Å². The molecule has 1 aromatic heterocycles. The second-order valence-corrected chi connectivity index (χ2v) is 6.62. The molecule has 4 nitrogen and oxygen atoms in total. The number of hydrogen-bond donors (Lipinski definition) is 1. The lowest BCUT2D eigenvalue weighted by atomic mass is 10.2. The zero-order chi connectivity index (χ0) is 19.0. The molecule has 0 saturated carbocycles. The molecule has 0 atom stereocenters. The Labute approximate surface area is 161 Å². The molecular weight excluding hydrogens is 418 g/mol. The molecule has 0 aliphatic heterocycles. The first-order valence-corrected chi connectivity index (χ1v) is 8.72. The summed E-state index contributed by atoms with van der Waals surface area (Å²) < 4.78 is 33.4. The molecule has 0 unspecified atom stereocenters. The number of rotatable bonds is 3. The predicted molar refractivity (Wildman–Crippen MR) is 101 cm³/mol. The van der Waals surface area contributed by atoms with Crippen molar-refractivity contribution in [3.05, 3.63) is 82.3 Å². The van der Waals surface area contributed by atoms with Gasteiger partial charge < -0.3 is 9.73 Å². The van der Waals surface area contributed by atoms with Gasteiger partial charge in [-0.1, -0.05) is 12.1 Å². The van der Waals surface area contributed by atoms with Crippen molar-refractivity contribution < 1.29 is 18.0 Å². The zero-order valence-electron chi connectivity index (χ0n) is 13.7. The van der Waals surface area contributed by atoms with Gasteiger partial charge in [-0.25, -0.2) is 13.8 Å². The largest absolute Gasteiger partial charge is 0.436 e. The molecule has 27 heavy (non-hydrogen) atoms. The van der Waals surface area contributed by atoms with E-state index in [0.29, 0.717) is 16.8 Å². The summed E-state index contributed by atoms with van der Waals surface area (Å²) in [5, 5.41) is 2.68. The number of amides is 1. The Morgan fingerprint density at radius 1 is 1.00 bits per heavy atom. The van der Waals surface area contributed by atoms with E-state index in [4.69, 9.17) is 4.42 Å². The van der Waals surface area contributed by atoms with Gasteiger partial charge in [0, 0.05) is 11.3 Å². The average molecular weight is 429 g/mol. The fourth-order valence-electron chi connectivity index (χ4n) is 2.60. The van der Waals surface area contributed by atoms with Crippen LogP contribution < -0.4 is 5.32 Å². The van der Waals surface area contributed by atoms with Gasteiger partial charge in [0.25, 0.3) is 5.91 Å². The molecule has 0 aliphatic rings. The smallest absolute Gasteiger partial charge is 0.255 e. The van der Waals surface area contributed by atoms with Crippen LogP contribution in [0.4, 0.5) is 14.5 Å². The van der Waals surface area contributed by atoms with Gasteiger partial charge >= 0.3 is 0 Å². The van der Waals surface area contributed by atoms with E-state index in [1.807, 2.05) is 0 Å². The Morgan fingerprint density at radius 3 is 2.59 bits per heavy atom. The van der Waals surface area contributed by atoms with E-state index in [0.717, 1.165) is 6.07 Å². The number of fused-ring (bicyclic) bond motifs is 1. The average Bonchev–Trinajstić information content (AvgIpc) is 3.07. The van der Waals surface area contributed by atoms with Crippen LogP contribution in [0, 0.1) is 11.6 Å². The van der Waals surface area contributed by atoms with Crippen LogP contribution in [0.5, 0.6) is 0 Å². The standard InChI is InChI=1S/C20H11BrF2N2O2/c21-14-7-5-11(9-16(14)23)19(26)24-12-6-8-18-17(10-12)25-20(27-18)13-3-1-2-4-15(13)22/h1-10H,(H,24,26). The van der Waals surface area contributed by atoms with Gasteiger partial charge in [-0.15, -0.1) is 0 Å². The number of carbonyl (C=O) groups is 1. The topological polar surface area (TPSA) is 55.1 Å². The lowest BCUT2D eigenvalue weighted by Gasteiger charge is -2.05. The molecule has 0 spiro atoms. The first-order valence-electron chi connectivity index (χ1n) is 7.93. The molecular formula is C20H11BrF2N2O2. The van der Waals surface area contributed by atoms with E-state index >= 15 is 0 Å². The minimum absolute atomic E-state index is 0.154. The lowest BCUT2D eigenvalue weighted by molar-refractivity contribution is 0.102. The number of carbonyl (C=O) groups excluding carboxylic acids is 1. The number of benzene rings is 3. The number of nitrogens with zero attached hydrogens (tertiary/aromatic N) is 1. The molecule has 134 valence electrons. The normalized spacial score (nSPS) is 10.9. The lowest BCUT2D eigenvalue weighted by Crippen LogP contribution is -2.12. The number of halogens is 3. The summed E-state index contributed by atoms with van der Waals surface area (Å²) in [6.07, 6.45) is 0. The van der Waals surface area contributed by atoms with Gasteiger partial charge in [-0.3, -0.25) is 4.79 Å². The van der Waals surface area contributed by atoms with Gasteiger partial charge in [-0.05, 0) is 64.5 Å². The highest BCUT2D eigenvalue weighted by atomic mass is 79.9.